The maximum Gasteiger partial charge on any atom is 0.269 e. The molecule has 2 aliphatic rings. The number of piperazine rings is 1. The first-order chi connectivity index (χ1) is 14.6. The molecule has 0 radical (unpaired) electrons. The third-order valence-electron chi connectivity index (χ3n) is 5.90. The quantitative estimate of drug-likeness (QED) is 0.654. The number of amides is 1. The van der Waals surface area contributed by atoms with Crippen molar-refractivity contribution >= 4 is 17.2 Å². The third-order valence-corrected chi connectivity index (χ3v) is 5.90. The second-order valence-corrected chi connectivity index (χ2v) is 8.02. The Hall–Kier alpha value is -3.20. The Balaban J connectivity index is 1.22. The van der Waals surface area contributed by atoms with E-state index in [1.165, 1.54) is 0 Å². The molecule has 9 nitrogen and oxygen atoms in total. The Morgan fingerprint density at radius 2 is 2.03 bits per heavy atom. The van der Waals surface area contributed by atoms with Crippen LogP contribution in [0.3, 0.4) is 0 Å². The minimum absolute atomic E-state index is 0.0149. The van der Waals surface area contributed by atoms with E-state index in [-0.39, 0.29) is 11.5 Å². The van der Waals surface area contributed by atoms with Crippen LogP contribution in [0.1, 0.15) is 40.5 Å². The molecule has 2 N–H and O–H groups in total. The lowest BCUT2D eigenvalue weighted by molar-refractivity contribution is 0.0958. The van der Waals surface area contributed by atoms with Crippen molar-refractivity contribution in [2.45, 2.75) is 25.3 Å². The van der Waals surface area contributed by atoms with Crippen LogP contribution < -0.4 is 15.8 Å². The van der Waals surface area contributed by atoms with Gasteiger partial charge in [-0.1, -0.05) is 0 Å². The predicted molar refractivity (Wildman–Crippen MR) is 113 cm³/mol. The van der Waals surface area contributed by atoms with Crippen LogP contribution in [0.2, 0.25) is 0 Å². The molecule has 1 amide bonds. The largest absolute Gasteiger partial charge is 0.368 e. The number of fused-ring (bicyclic) bond motifs is 1. The third kappa shape index (κ3) is 3.68. The lowest BCUT2D eigenvalue weighted by Crippen LogP contribution is -2.46. The molecule has 5 rings (SSSR count). The van der Waals surface area contributed by atoms with Gasteiger partial charge < -0.3 is 15.2 Å². The zero-order valence-electron chi connectivity index (χ0n) is 17.0. The lowest BCUT2D eigenvalue weighted by Gasteiger charge is -2.35. The molecule has 0 atom stereocenters. The Kier molecular flexibility index (Phi) is 4.74. The van der Waals surface area contributed by atoms with Crippen LogP contribution in [0, 0.1) is 0 Å². The Labute approximate surface area is 173 Å². The first-order valence-electron chi connectivity index (χ1n) is 10.4. The smallest absolute Gasteiger partial charge is 0.269 e. The normalized spacial score (nSPS) is 17.4. The van der Waals surface area contributed by atoms with Gasteiger partial charge in [-0.25, -0.2) is 9.50 Å². The maximum absolute atomic E-state index is 12.2. The average molecular weight is 407 g/mol. The molecular formula is C21H25N7O2. The summed E-state index contributed by atoms with van der Waals surface area (Å²) < 4.78 is 1.81. The van der Waals surface area contributed by atoms with E-state index >= 15 is 0 Å². The summed E-state index contributed by atoms with van der Waals surface area (Å²) in [5, 5.41) is 7.26. The van der Waals surface area contributed by atoms with Crippen molar-refractivity contribution in [3.8, 4) is 0 Å². The van der Waals surface area contributed by atoms with E-state index in [1.54, 1.807) is 23.8 Å². The Morgan fingerprint density at radius 3 is 2.70 bits per heavy atom. The predicted octanol–water partition coefficient (Wildman–Crippen LogP) is 0.977. The molecule has 0 aromatic carbocycles. The number of carbonyl (C=O) groups excluding carboxylic acids is 1. The number of aromatic nitrogens is 4. The topological polar surface area (TPSA) is 98.6 Å². The molecule has 1 aliphatic carbocycles. The number of aromatic amines is 1. The SMILES string of the molecule is CNC(=O)c1ccc(N2CCN(Cc3cc4[nH]c(=O)c(C5CC5)cn4n3)CC2)cn1. The summed E-state index contributed by atoms with van der Waals surface area (Å²) in [5.74, 6) is 0.225. The van der Waals surface area contributed by atoms with Crippen LogP contribution in [0.4, 0.5) is 5.69 Å². The number of H-pyrrole nitrogens is 1. The van der Waals surface area contributed by atoms with Crippen molar-refractivity contribution in [3.63, 3.8) is 0 Å². The first kappa shape index (κ1) is 18.8. The summed E-state index contributed by atoms with van der Waals surface area (Å²) in [6.45, 7) is 4.35. The number of rotatable bonds is 5. The number of anilines is 1. The summed E-state index contributed by atoms with van der Waals surface area (Å²) in [7, 11) is 1.60. The number of pyridine rings is 1. The fourth-order valence-electron chi connectivity index (χ4n) is 4.01. The van der Waals surface area contributed by atoms with E-state index < -0.39 is 0 Å². The van der Waals surface area contributed by atoms with Gasteiger partial charge in [-0.05, 0) is 30.9 Å². The van der Waals surface area contributed by atoms with Crippen molar-refractivity contribution < 1.29 is 4.79 Å². The molecule has 9 heteroatoms. The summed E-state index contributed by atoms with van der Waals surface area (Å²) in [6, 6.07) is 5.67. The average Bonchev–Trinajstić information content (AvgIpc) is 3.54. The highest BCUT2D eigenvalue weighted by molar-refractivity contribution is 5.92. The number of hydrogen-bond donors (Lipinski definition) is 2. The van der Waals surface area contributed by atoms with Gasteiger partial charge in [-0.15, -0.1) is 0 Å². The van der Waals surface area contributed by atoms with Gasteiger partial charge in [0.15, 0.2) is 0 Å². The zero-order chi connectivity index (χ0) is 20.7. The summed E-state index contributed by atoms with van der Waals surface area (Å²) in [5.41, 5.74) is 4.03. The van der Waals surface area contributed by atoms with Crippen LogP contribution in [-0.2, 0) is 6.54 Å². The van der Waals surface area contributed by atoms with Crippen molar-refractivity contribution in [3.05, 3.63) is 57.9 Å². The fourth-order valence-corrected chi connectivity index (χ4v) is 4.01. The van der Waals surface area contributed by atoms with E-state index in [2.05, 4.69) is 30.2 Å². The second kappa shape index (κ2) is 7.56. The van der Waals surface area contributed by atoms with E-state index in [4.69, 9.17) is 0 Å². The van der Waals surface area contributed by atoms with Gasteiger partial charge in [0.1, 0.15) is 11.3 Å². The Morgan fingerprint density at radius 1 is 1.23 bits per heavy atom. The lowest BCUT2D eigenvalue weighted by atomic mass is 10.2. The number of nitrogens with one attached hydrogen (secondary N) is 2. The van der Waals surface area contributed by atoms with Gasteiger partial charge >= 0.3 is 0 Å². The highest BCUT2D eigenvalue weighted by Gasteiger charge is 2.27. The Bertz CT molecular complexity index is 1120. The van der Waals surface area contributed by atoms with Crippen LogP contribution in [0.5, 0.6) is 0 Å². The molecule has 1 saturated carbocycles. The molecule has 2 fully saturated rings. The van der Waals surface area contributed by atoms with Crippen molar-refractivity contribution in [1.29, 1.82) is 0 Å². The second-order valence-electron chi connectivity index (χ2n) is 8.02. The van der Waals surface area contributed by atoms with Gasteiger partial charge in [-0.3, -0.25) is 14.5 Å². The van der Waals surface area contributed by atoms with Crippen molar-refractivity contribution in [1.82, 2.24) is 29.8 Å². The zero-order valence-corrected chi connectivity index (χ0v) is 17.0. The number of carbonyl (C=O) groups is 1. The molecule has 156 valence electrons. The number of hydrogen-bond acceptors (Lipinski definition) is 6. The standard InChI is InChI=1S/C21H25N7O2/c1-22-21(30)18-5-4-16(11-23-18)27-8-6-26(7-9-27)12-15-10-19-24-20(29)17(14-2-3-14)13-28(19)25-15/h4-5,10-11,13-14H,2-3,6-9,12H2,1H3,(H,22,30)(H,24,29). The molecule has 1 aliphatic heterocycles. The minimum atomic E-state index is -0.176. The highest BCUT2D eigenvalue weighted by Crippen LogP contribution is 2.38. The van der Waals surface area contributed by atoms with Gasteiger partial charge in [0.25, 0.3) is 11.5 Å². The van der Waals surface area contributed by atoms with E-state index in [0.717, 1.165) is 68.2 Å². The van der Waals surface area contributed by atoms with Gasteiger partial charge in [0.05, 0.1) is 17.6 Å². The monoisotopic (exact) mass is 407 g/mol. The first-order valence-corrected chi connectivity index (χ1v) is 10.4. The molecule has 3 aromatic heterocycles. The summed E-state index contributed by atoms with van der Waals surface area (Å²) >= 11 is 0. The molecule has 30 heavy (non-hydrogen) atoms. The van der Waals surface area contributed by atoms with Crippen LogP contribution >= 0.6 is 0 Å². The van der Waals surface area contributed by atoms with Crippen LogP contribution in [0.15, 0.2) is 35.4 Å². The van der Waals surface area contributed by atoms with Gasteiger partial charge in [0.2, 0.25) is 0 Å². The van der Waals surface area contributed by atoms with E-state index in [0.29, 0.717) is 11.6 Å². The highest BCUT2D eigenvalue weighted by atomic mass is 16.1. The van der Waals surface area contributed by atoms with E-state index in [1.807, 2.05) is 18.3 Å². The maximum atomic E-state index is 12.2. The molecular weight excluding hydrogens is 382 g/mol. The van der Waals surface area contributed by atoms with E-state index in [9.17, 15) is 9.59 Å². The molecule has 0 unspecified atom stereocenters. The van der Waals surface area contributed by atoms with Gasteiger partial charge in [0, 0.05) is 57.6 Å². The molecule has 0 bridgehead atoms. The minimum Gasteiger partial charge on any atom is -0.368 e. The molecule has 4 heterocycles. The summed E-state index contributed by atoms with van der Waals surface area (Å²) in [4.78, 5) is 35.7. The number of nitrogens with zero attached hydrogens (tertiary/aromatic N) is 5. The van der Waals surface area contributed by atoms with Gasteiger partial charge in [-0.2, -0.15) is 5.10 Å². The molecule has 0 spiro atoms. The van der Waals surface area contributed by atoms with Crippen molar-refractivity contribution in [2.75, 3.05) is 38.1 Å². The molecule has 3 aromatic rings. The van der Waals surface area contributed by atoms with Crippen LogP contribution in [0.25, 0.3) is 5.65 Å². The van der Waals surface area contributed by atoms with Crippen molar-refractivity contribution in [2.24, 2.45) is 0 Å². The fraction of sp³-hybridized carbons (Fsp3) is 0.429. The summed E-state index contributed by atoms with van der Waals surface area (Å²) in [6.07, 6.45) is 5.84. The van der Waals surface area contributed by atoms with Crippen LogP contribution in [-0.4, -0.2) is 63.6 Å². The molecule has 1 saturated heterocycles.